The van der Waals surface area contributed by atoms with Crippen molar-refractivity contribution >= 4 is 0 Å². The van der Waals surface area contributed by atoms with Gasteiger partial charge in [0, 0.05) is 36.5 Å². The molecule has 0 aliphatic rings. The predicted molar refractivity (Wildman–Crippen MR) is 129 cm³/mol. The molecule has 2 heterocycles. The number of benzene rings is 2. The molecule has 0 fully saturated rings. The van der Waals surface area contributed by atoms with Crippen molar-refractivity contribution in [1.82, 2.24) is 29.5 Å². The highest BCUT2D eigenvalue weighted by Gasteiger charge is 2.20. The van der Waals surface area contributed by atoms with E-state index >= 15 is 0 Å². The minimum atomic E-state index is -0.676. The van der Waals surface area contributed by atoms with E-state index in [2.05, 4.69) is 20.2 Å². The number of ether oxygens (including phenoxy) is 2. The Morgan fingerprint density at radius 1 is 0.632 bits per heavy atom. The van der Waals surface area contributed by atoms with Crippen molar-refractivity contribution in [1.29, 1.82) is 0 Å². The van der Waals surface area contributed by atoms with Crippen LogP contribution >= 0.6 is 0 Å². The van der Waals surface area contributed by atoms with Gasteiger partial charge in [0.25, 0.3) is 0 Å². The molecular formula is C26H28F4N6O2. The molecule has 0 saturated carbocycles. The zero-order valence-electron chi connectivity index (χ0n) is 20.6. The summed E-state index contributed by atoms with van der Waals surface area (Å²) in [6.07, 6.45) is 7.54. The van der Waals surface area contributed by atoms with E-state index in [-0.39, 0.29) is 24.2 Å². The van der Waals surface area contributed by atoms with Crippen molar-refractivity contribution in [3.63, 3.8) is 0 Å². The van der Waals surface area contributed by atoms with Gasteiger partial charge in [-0.1, -0.05) is 25.0 Å². The van der Waals surface area contributed by atoms with Crippen molar-refractivity contribution < 1.29 is 27.0 Å². The van der Waals surface area contributed by atoms with E-state index < -0.39 is 35.5 Å². The SMILES string of the molecule is Fc1ccc(C(Cn2cncn2)OCCCCCCOC(Cn2cncn2)c2ccc(F)cc2F)c(F)c1. The van der Waals surface area contributed by atoms with Gasteiger partial charge in [0.1, 0.15) is 60.8 Å². The van der Waals surface area contributed by atoms with Crippen molar-refractivity contribution in [2.24, 2.45) is 0 Å². The highest BCUT2D eigenvalue weighted by molar-refractivity contribution is 5.22. The minimum Gasteiger partial charge on any atom is -0.371 e. The fourth-order valence-corrected chi connectivity index (χ4v) is 4.01. The van der Waals surface area contributed by atoms with E-state index in [4.69, 9.17) is 9.47 Å². The number of unbranched alkanes of at least 4 members (excludes halogenated alkanes) is 3. The number of hydrogen-bond donors (Lipinski definition) is 0. The van der Waals surface area contributed by atoms with Gasteiger partial charge in [-0.2, -0.15) is 10.2 Å². The number of halogens is 4. The maximum Gasteiger partial charge on any atom is 0.137 e. The zero-order chi connectivity index (χ0) is 26.7. The van der Waals surface area contributed by atoms with E-state index in [0.29, 0.717) is 26.1 Å². The van der Waals surface area contributed by atoms with Crippen LogP contribution in [0.4, 0.5) is 17.6 Å². The Kier molecular flexibility index (Phi) is 9.93. The van der Waals surface area contributed by atoms with Crippen LogP contribution in [0, 0.1) is 23.3 Å². The molecule has 0 aliphatic carbocycles. The number of aromatic nitrogens is 6. The molecule has 2 unspecified atom stereocenters. The molecule has 0 amide bonds. The first-order chi connectivity index (χ1) is 18.5. The maximum absolute atomic E-state index is 14.4. The molecular weight excluding hydrogens is 504 g/mol. The lowest BCUT2D eigenvalue weighted by Gasteiger charge is -2.20. The van der Waals surface area contributed by atoms with Crippen molar-refractivity contribution in [3.8, 4) is 0 Å². The molecule has 4 aromatic rings. The summed E-state index contributed by atoms with van der Waals surface area (Å²) in [4.78, 5) is 7.78. The lowest BCUT2D eigenvalue weighted by atomic mass is 10.1. The molecule has 12 heteroatoms. The van der Waals surface area contributed by atoms with E-state index in [9.17, 15) is 17.6 Å². The molecule has 0 aliphatic heterocycles. The number of nitrogens with zero attached hydrogens (tertiary/aromatic N) is 6. The summed E-state index contributed by atoms with van der Waals surface area (Å²) in [7, 11) is 0. The summed E-state index contributed by atoms with van der Waals surface area (Å²) in [5.41, 5.74) is 0.503. The fourth-order valence-electron chi connectivity index (χ4n) is 4.01. The predicted octanol–water partition coefficient (Wildman–Crippen LogP) is 5.20. The van der Waals surface area contributed by atoms with Crippen LogP contribution < -0.4 is 0 Å². The van der Waals surface area contributed by atoms with Gasteiger partial charge in [-0.3, -0.25) is 9.36 Å². The molecule has 0 spiro atoms. The number of hydrogen-bond acceptors (Lipinski definition) is 6. The first kappa shape index (κ1) is 27.4. The second kappa shape index (κ2) is 13.8. The van der Waals surface area contributed by atoms with Gasteiger partial charge in [0.2, 0.25) is 0 Å². The van der Waals surface area contributed by atoms with Crippen LogP contribution in [0.3, 0.4) is 0 Å². The van der Waals surface area contributed by atoms with Crippen LogP contribution in [0.5, 0.6) is 0 Å². The third kappa shape index (κ3) is 7.93. The largest absolute Gasteiger partial charge is 0.371 e. The standard InChI is InChI=1S/C26H28F4N6O2/c27-19-5-7-21(23(29)11-19)25(13-35-17-31-15-33-35)37-9-3-1-2-4-10-38-26(14-36-18-32-16-34-36)22-8-6-20(28)12-24(22)30/h5-8,11-12,15-18,25-26H,1-4,9-10,13-14H2. The second-order valence-corrected chi connectivity index (χ2v) is 8.70. The van der Waals surface area contributed by atoms with Crippen molar-refractivity contribution in [3.05, 3.63) is 96.1 Å². The lowest BCUT2D eigenvalue weighted by molar-refractivity contribution is 0.0276. The van der Waals surface area contributed by atoms with E-state index in [1.54, 1.807) is 0 Å². The summed E-state index contributed by atoms with van der Waals surface area (Å²) < 4.78 is 70.4. The molecule has 4 rings (SSSR count). The quantitative estimate of drug-likeness (QED) is 0.155. The molecule has 0 bridgehead atoms. The van der Waals surface area contributed by atoms with E-state index in [0.717, 1.165) is 25.0 Å². The summed E-state index contributed by atoms with van der Waals surface area (Å²) in [6.45, 7) is 1.21. The third-order valence-electron chi connectivity index (χ3n) is 5.93. The van der Waals surface area contributed by atoms with Gasteiger partial charge in [-0.15, -0.1) is 0 Å². The molecule has 0 N–H and O–H groups in total. The molecule has 2 atom stereocenters. The maximum atomic E-state index is 14.4. The van der Waals surface area contributed by atoms with Crippen LogP contribution in [-0.2, 0) is 22.6 Å². The van der Waals surface area contributed by atoms with Crippen molar-refractivity contribution in [2.45, 2.75) is 51.0 Å². The van der Waals surface area contributed by atoms with Crippen LogP contribution in [0.25, 0.3) is 0 Å². The van der Waals surface area contributed by atoms with Crippen molar-refractivity contribution in [2.75, 3.05) is 13.2 Å². The molecule has 202 valence electrons. The lowest BCUT2D eigenvalue weighted by Crippen LogP contribution is -2.16. The first-order valence-electron chi connectivity index (χ1n) is 12.3. The van der Waals surface area contributed by atoms with Gasteiger partial charge >= 0.3 is 0 Å². The molecule has 0 radical (unpaired) electrons. The molecule has 2 aromatic heterocycles. The Morgan fingerprint density at radius 2 is 1.08 bits per heavy atom. The number of rotatable bonds is 15. The van der Waals surface area contributed by atoms with Crippen LogP contribution in [0.15, 0.2) is 61.7 Å². The summed E-state index contributed by atoms with van der Waals surface area (Å²) >= 11 is 0. The second-order valence-electron chi connectivity index (χ2n) is 8.70. The van der Waals surface area contributed by atoms with Gasteiger partial charge < -0.3 is 9.47 Å². The summed E-state index contributed by atoms with van der Waals surface area (Å²) in [5.74, 6) is -2.66. The molecule has 38 heavy (non-hydrogen) atoms. The Labute approximate surface area is 217 Å². The third-order valence-corrected chi connectivity index (χ3v) is 5.93. The van der Waals surface area contributed by atoms with Crippen LogP contribution in [-0.4, -0.2) is 42.7 Å². The Balaban J connectivity index is 1.22. The first-order valence-corrected chi connectivity index (χ1v) is 12.3. The van der Waals surface area contributed by atoms with E-state index in [1.807, 2.05) is 0 Å². The van der Waals surface area contributed by atoms with Crippen LogP contribution in [0.1, 0.15) is 49.0 Å². The highest BCUT2D eigenvalue weighted by atomic mass is 19.1. The fraction of sp³-hybridized carbons (Fsp3) is 0.385. The monoisotopic (exact) mass is 532 g/mol. The minimum absolute atomic E-state index is 0.240. The molecule has 2 aromatic carbocycles. The average Bonchev–Trinajstić information content (AvgIpc) is 3.59. The smallest absolute Gasteiger partial charge is 0.137 e. The molecule has 0 saturated heterocycles. The molecule has 8 nitrogen and oxygen atoms in total. The highest BCUT2D eigenvalue weighted by Crippen LogP contribution is 2.25. The van der Waals surface area contributed by atoms with E-state index in [1.165, 1.54) is 58.9 Å². The normalized spacial score (nSPS) is 13.1. The summed E-state index contributed by atoms with van der Waals surface area (Å²) in [5, 5.41) is 8.08. The Bertz CT molecular complexity index is 1160. The Morgan fingerprint density at radius 3 is 1.45 bits per heavy atom. The van der Waals surface area contributed by atoms with Gasteiger partial charge in [-0.25, -0.2) is 27.5 Å². The van der Waals surface area contributed by atoms with Gasteiger partial charge in [0.05, 0.1) is 13.1 Å². The summed E-state index contributed by atoms with van der Waals surface area (Å²) in [6, 6.07) is 6.82. The Hall–Kier alpha value is -3.64. The van der Waals surface area contributed by atoms with Crippen LogP contribution in [0.2, 0.25) is 0 Å². The van der Waals surface area contributed by atoms with Gasteiger partial charge in [-0.05, 0) is 25.0 Å². The van der Waals surface area contributed by atoms with Gasteiger partial charge in [0.15, 0.2) is 0 Å². The topological polar surface area (TPSA) is 79.9 Å². The zero-order valence-corrected chi connectivity index (χ0v) is 20.6. The average molecular weight is 533 g/mol.